The van der Waals surface area contributed by atoms with E-state index in [9.17, 15) is 4.79 Å². The van der Waals surface area contributed by atoms with Gasteiger partial charge in [-0.2, -0.15) is 5.10 Å². The Labute approximate surface area is 230 Å². The van der Waals surface area contributed by atoms with Crippen LogP contribution in [0.2, 0.25) is 0 Å². The molecule has 0 atom stereocenters. The quantitative estimate of drug-likeness (QED) is 0.182. The zero-order valence-corrected chi connectivity index (χ0v) is 22.8. The summed E-state index contributed by atoms with van der Waals surface area (Å²) in [4.78, 5) is 12.2. The minimum absolute atomic E-state index is 0.139. The molecule has 0 bridgehead atoms. The van der Waals surface area contributed by atoms with E-state index >= 15 is 0 Å². The summed E-state index contributed by atoms with van der Waals surface area (Å²) in [6.07, 6.45) is 1.55. The van der Waals surface area contributed by atoms with E-state index < -0.39 is 0 Å². The Hall–Kier alpha value is -4.58. The molecule has 39 heavy (non-hydrogen) atoms. The van der Waals surface area contributed by atoms with Gasteiger partial charge in [-0.1, -0.05) is 86.1 Å². The SMILES string of the molecule is COc1cc(/C=N/NC(=O)COc2ccc(C(C)(C)c3ccccc3)cc2)ccc1OCc1ccc(C)cc1. The maximum atomic E-state index is 12.2. The van der Waals surface area contributed by atoms with Gasteiger partial charge in [0.2, 0.25) is 0 Å². The van der Waals surface area contributed by atoms with Gasteiger partial charge in [0.15, 0.2) is 18.1 Å². The molecule has 4 rings (SSSR count). The number of carbonyl (C=O) groups is 1. The normalized spacial score (nSPS) is 11.3. The lowest BCUT2D eigenvalue weighted by Crippen LogP contribution is -2.24. The number of hydrogen-bond acceptors (Lipinski definition) is 5. The minimum atomic E-state index is -0.357. The molecular weight excluding hydrogens is 488 g/mol. The van der Waals surface area contributed by atoms with Crippen molar-refractivity contribution in [1.29, 1.82) is 0 Å². The van der Waals surface area contributed by atoms with E-state index in [4.69, 9.17) is 14.2 Å². The van der Waals surface area contributed by atoms with Crippen molar-refractivity contribution in [2.75, 3.05) is 13.7 Å². The van der Waals surface area contributed by atoms with E-state index in [1.54, 1.807) is 19.4 Å². The van der Waals surface area contributed by atoms with Crippen molar-refractivity contribution in [3.05, 3.63) is 125 Å². The molecule has 0 aliphatic rings. The fourth-order valence-corrected chi connectivity index (χ4v) is 4.08. The summed E-state index contributed by atoms with van der Waals surface area (Å²) in [7, 11) is 1.59. The first-order chi connectivity index (χ1) is 18.8. The lowest BCUT2D eigenvalue weighted by atomic mass is 9.78. The number of hydrazone groups is 1. The topological polar surface area (TPSA) is 69.2 Å². The third-order valence-corrected chi connectivity index (χ3v) is 6.55. The number of amides is 1. The van der Waals surface area contributed by atoms with Crippen LogP contribution in [0.1, 0.15) is 41.7 Å². The first-order valence-electron chi connectivity index (χ1n) is 12.8. The molecule has 0 unspecified atom stereocenters. The van der Waals surface area contributed by atoms with Gasteiger partial charge in [-0.25, -0.2) is 5.43 Å². The van der Waals surface area contributed by atoms with Crippen LogP contribution in [0.3, 0.4) is 0 Å². The second-order valence-electron chi connectivity index (χ2n) is 9.78. The zero-order valence-electron chi connectivity index (χ0n) is 22.8. The predicted octanol–water partition coefficient (Wildman–Crippen LogP) is 6.44. The number of ether oxygens (including phenoxy) is 3. The maximum absolute atomic E-state index is 12.2. The van der Waals surface area contributed by atoms with Gasteiger partial charge >= 0.3 is 0 Å². The highest BCUT2D eigenvalue weighted by atomic mass is 16.5. The smallest absolute Gasteiger partial charge is 0.277 e. The summed E-state index contributed by atoms with van der Waals surface area (Å²) in [5, 5.41) is 4.04. The summed E-state index contributed by atoms with van der Waals surface area (Å²) in [5.74, 6) is 1.48. The summed E-state index contributed by atoms with van der Waals surface area (Å²) >= 11 is 0. The Morgan fingerprint density at radius 1 is 0.846 bits per heavy atom. The molecule has 0 saturated heterocycles. The van der Waals surface area contributed by atoms with E-state index in [-0.39, 0.29) is 17.9 Å². The molecule has 0 aromatic heterocycles. The highest BCUT2D eigenvalue weighted by Gasteiger charge is 2.22. The third kappa shape index (κ3) is 7.48. The molecule has 0 radical (unpaired) electrons. The molecule has 0 fully saturated rings. The molecule has 200 valence electrons. The molecule has 1 amide bonds. The standard InChI is InChI=1S/C33H34N2O4/c1-24-10-12-25(13-11-24)22-39-30-19-14-26(20-31(30)37-4)21-34-35-32(36)23-38-29-17-15-28(16-18-29)33(2,3)27-8-6-5-7-9-27/h5-21H,22-23H2,1-4H3,(H,35,36)/b34-21+. The molecule has 6 nitrogen and oxygen atoms in total. The molecule has 0 aliphatic carbocycles. The maximum Gasteiger partial charge on any atom is 0.277 e. The highest BCUT2D eigenvalue weighted by molar-refractivity contribution is 5.83. The van der Waals surface area contributed by atoms with Crippen molar-refractivity contribution < 1.29 is 19.0 Å². The van der Waals surface area contributed by atoms with E-state index in [2.05, 4.69) is 55.6 Å². The van der Waals surface area contributed by atoms with Crippen molar-refractivity contribution in [3.8, 4) is 17.2 Å². The van der Waals surface area contributed by atoms with Crippen LogP contribution in [0.25, 0.3) is 0 Å². The van der Waals surface area contributed by atoms with Crippen LogP contribution in [0, 0.1) is 6.92 Å². The molecule has 0 spiro atoms. The predicted molar refractivity (Wildman–Crippen MR) is 155 cm³/mol. The van der Waals surface area contributed by atoms with Crippen LogP contribution in [0.4, 0.5) is 0 Å². The first-order valence-corrected chi connectivity index (χ1v) is 12.8. The molecule has 0 saturated carbocycles. The van der Waals surface area contributed by atoms with Crippen LogP contribution in [0.15, 0.2) is 102 Å². The highest BCUT2D eigenvalue weighted by Crippen LogP contribution is 2.32. The third-order valence-electron chi connectivity index (χ3n) is 6.55. The largest absolute Gasteiger partial charge is 0.493 e. The number of benzene rings is 4. The van der Waals surface area contributed by atoms with Gasteiger partial charge in [0, 0.05) is 5.41 Å². The molecular formula is C33H34N2O4. The number of nitrogens with one attached hydrogen (secondary N) is 1. The van der Waals surface area contributed by atoms with Crippen molar-refractivity contribution in [2.45, 2.75) is 32.8 Å². The van der Waals surface area contributed by atoms with Crippen LogP contribution in [-0.2, 0) is 16.8 Å². The van der Waals surface area contributed by atoms with Gasteiger partial charge in [0.05, 0.1) is 13.3 Å². The Bertz CT molecular complexity index is 1400. The molecule has 0 heterocycles. The number of hydrogen-bond donors (Lipinski definition) is 1. The lowest BCUT2D eigenvalue weighted by Gasteiger charge is -2.26. The van der Waals surface area contributed by atoms with Crippen LogP contribution < -0.4 is 19.6 Å². The van der Waals surface area contributed by atoms with Gasteiger partial charge < -0.3 is 14.2 Å². The van der Waals surface area contributed by atoms with Crippen LogP contribution in [0.5, 0.6) is 17.2 Å². The van der Waals surface area contributed by atoms with Crippen molar-refractivity contribution >= 4 is 12.1 Å². The molecule has 1 N–H and O–H groups in total. The average molecular weight is 523 g/mol. The Balaban J connectivity index is 1.26. The fourth-order valence-electron chi connectivity index (χ4n) is 4.08. The number of rotatable bonds is 11. The summed E-state index contributed by atoms with van der Waals surface area (Å²) in [6, 6.07) is 31.8. The summed E-state index contributed by atoms with van der Waals surface area (Å²) in [5.41, 5.74) is 7.79. The van der Waals surface area contributed by atoms with E-state index in [1.807, 2.05) is 66.7 Å². The number of aryl methyl sites for hydroxylation is 1. The molecule has 4 aromatic rings. The van der Waals surface area contributed by atoms with Crippen molar-refractivity contribution in [3.63, 3.8) is 0 Å². The Morgan fingerprint density at radius 3 is 2.23 bits per heavy atom. The Morgan fingerprint density at radius 2 is 1.54 bits per heavy atom. The second-order valence-corrected chi connectivity index (χ2v) is 9.78. The lowest BCUT2D eigenvalue weighted by molar-refractivity contribution is -0.123. The zero-order chi connectivity index (χ0) is 27.7. The number of nitrogens with zero attached hydrogens (tertiary/aromatic N) is 1. The number of carbonyl (C=O) groups excluding carboxylic acids is 1. The van der Waals surface area contributed by atoms with Gasteiger partial charge in [0.25, 0.3) is 5.91 Å². The van der Waals surface area contributed by atoms with E-state index in [1.165, 1.54) is 11.1 Å². The van der Waals surface area contributed by atoms with Crippen LogP contribution in [-0.4, -0.2) is 25.8 Å². The number of methoxy groups -OCH3 is 1. The average Bonchev–Trinajstić information content (AvgIpc) is 2.96. The minimum Gasteiger partial charge on any atom is -0.493 e. The van der Waals surface area contributed by atoms with Gasteiger partial charge in [-0.3, -0.25) is 4.79 Å². The van der Waals surface area contributed by atoms with E-state index in [0.29, 0.717) is 23.9 Å². The van der Waals surface area contributed by atoms with Crippen molar-refractivity contribution in [2.24, 2.45) is 5.10 Å². The second kappa shape index (κ2) is 12.8. The summed E-state index contributed by atoms with van der Waals surface area (Å²) < 4.78 is 17.0. The monoisotopic (exact) mass is 522 g/mol. The van der Waals surface area contributed by atoms with Gasteiger partial charge in [-0.15, -0.1) is 0 Å². The molecule has 4 aromatic carbocycles. The fraction of sp³-hybridized carbons (Fsp3) is 0.212. The Kier molecular flexibility index (Phi) is 9.00. The van der Waals surface area contributed by atoms with Crippen molar-refractivity contribution in [1.82, 2.24) is 5.43 Å². The van der Waals surface area contributed by atoms with Gasteiger partial charge in [-0.05, 0) is 59.5 Å². The molecule has 0 aliphatic heterocycles. The molecule has 6 heteroatoms. The van der Waals surface area contributed by atoms with E-state index in [0.717, 1.165) is 16.7 Å². The summed E-state index contributed by atoms with van der Waals surface area (Å²) in [6.45, 7) is 6.72. The van der Waals surface area contributed by atoms with Crippen LogP contribution >= 0.6 is 0 Å². The first kappa shape index (κ1) is 27.5. The van der Waals surface area contributed by atoms with Gasteiger partial charge in [0.1, 0.15) is 12.4 Å².